The number of benzene rings is 7. The van der Waals surface area contributed by atoms with Crippen molar-refractivity contribution in [1.82, 2.24) is 0 Å². The highest BCUT2D eigenvalue weighted by molar-refractivity contribution is 6.22. The van der Waals surface area contributed by atoms with Gasteiger partial charge in [0.25, 0.3) is 0 Å². The number of nitrogens with one attached hydrogen (secondary N) is 1. The molecule has 0 saturated heterocycles. The Morgan fingerprint density at radius 3 is 1.92 bits per heavy atom. The van der Waals surface area contributed by atoms with Crippen LogP contribution in [0.25, 0.3) is 65.4 Å². The van der Waals surface area contributed by atoms with Crippen LogP contribution in [0.2, 0.25) is 0 Å². The van der Waals surface area contributed by atoms with Crippen LogP contribution in [0, 0.1) is 0 Å². The van der Waals surface area contributed by atoms with Gasteiger partial charge in [0.15, 0.2) is 5.58 Å². The minimum absolute atomic E-state index is 0.882. The standard InChI is InChI=1S/C36H23NO/c1-3-13-25-23(10-1)12-9-18-27(25)29-20-21-32(30-16-6-5-15-28(29)30)37-33-22-24-11-2-4-14-26(24)35-31-17-7-8-19-34(31)38-36(33)35/h1-22,37H. The van der Waals surface area contributed by atoms with Crippen LogP contribution in [-0.2, 0) is 0 Å². The Bertz CT molecular complexity index is 2160. The Labute approximate surface area is 219 Å². The first-order valence-corrected chi connectivity index (χ1v) is 12.9. The third-order valence-corrected chi connectivity index (χ3v) is 7.64. The van der Waals surface area contributed by atoms with Crippen molar-refractivity contribution < 1.29 is 4.42 Å². The van der Waals surface area contributed by atoms with Crippen LogP contribution >= 0.6 is 0 Å². The summed E-state index contributed by atoms with van der Waals surface area (Å²) >= 11 is 0. The molecule has 1 N–H and O–H groups in total. The lowest BCUT2D eigenvalue weighted by Gasteiger charge is -2.15. The summed E-state index contributed by atoms with van der Waals surface area (Å²) in [6.07, 6.45) is 0. The Balaban J connectivity index is 1.36. The van der Waals surface area contributed by atoms with E-state index in [2.05, 4.69) is 127 Å². The first-order valence-electron chi connectivity index (χ1n) is 12.9. The van der Waals surface area contributed by atoms with Crippen molar-refractivity contribution in [1.29, 1.82) is 0 Å². The molecule has 0 saturated carbocycles. The topological polar surface area (TPSA) is 25.2 Å². The summed E-state index contributed by atoms with van der Waals surface area (Å²) in [5, 5.41) is 13.3. The van der Waals surface area contributed by atoms with Crippen molar-refractivity contribution in [3.63, 3.8) is 0 Å². The zero-order valence-electron chi connectivity index (χ0n) is 20.6. The molecule has 0 atom stereocenters. The van der Waals surface area contributed by atoms with Gasteiger partial charge in [-0.2, -0.15) is 0 Å². The molecule has 8 aromatic rings. The summed E-state index contributed by atoms with van der Waals surface area (Å²) in [7, 11) is 0. The predicted molar refractivity (Wildman–Crippen MR) is 161 cm³/mol. The highest BCUT2D eigenvalue weighted by Crippen LogP contribution is 2.42. The fraction of sp³-hybridized carbons (Fsp3) is 0. The molecular formula is C36H23NO. The van der Waals surface area contributed by atoms with Crippen molar-refractivity contribution in [3.8, 4) is 11.1 Å². The van der Waals surface area contributed by atoms with Gasteiger partial charge in [-0.15, -0.1) is 0 Å². The molecule has 0 spiro atoms. The Kier molecular flexibility index (Phi) is 4.55. The second kappa shape index (κ2) is 8.22. The van der Waals surface area contributed by atoms with E-state index in [0.29, 0.717) is 0 Å². The third kappa shape index (κ3) is 3.14. The van der Waals surface area contributed by atoms with Crippen molar-refractivity contribution >= 4 is 65.6 Å². The van der Waals surface area contributed by atoms with Gasteiger partial charge in [-0.3, -0.25) is 0 Å². The fourth-order valence-corrected chi connectivity index (χ4v) is 5.92. The lowest BCUT2D eigenvalue weighted by Crippen LogP contribution is -1.94. The maximum atomic E-state index is 6.45. The van der Waals surface area contributed by atoms with Gasteiger partial charge in [0.1, 0.15) is 5.58 Å². The molecule has 1 heterocycles. The zero-order chi connectivity index (χ0) is 25.1. The normalized spacial score (nSPS) is 11.7. The van der Waals surface area contributed by atoms with E-state index < -0.39 is 0 Å². The number of fused-ring (bicyclic) bond motifs is 7. The molecule has 38 heavy (non-hydrogen) atoms. The molecule has 178 valence electrons. The fourth-order valence-electron chi connectivity index (χ4n) is 5.92. The van der Waals surface area contributed by atoms with Gasteiger partial charge in [0.05, 0.1) is 5.69 Å². The number of para-hydroxylation sites is 1. The first kappa shape index (κ1) is 21.0. The number of hydrogen-bond acceptors (Lipinski definition) is 2. The number of anilines is 2. The van der Waals surface area contributed by atoms with Crippen LogP contribution in [-0.4, -0.2) is 0 Å². The second-order valence-corrected chi connectivity index (χ2v) is 9.81. The lowest BCUT2D eigenvalue weighted by molar-refractivity contribution is 0.670. The van der Waals surface area contributed by atoms with Crippen molar-refractivity contribution in [2.75, 3.05) is 5.32 Å². The second-order valence-electron chi connectivity index (χ2n) is 9.81. The molecule has 0 fully saturated rings. The third-order valence-electron chi connectivity index (χ3n) is 7.64. The zero-order valence-corrected chi connectivity index (χ0v) is 20.6. The summed E-state index contributed by atoms with van der Waals surface area (Å²) in [4.78, 5) is 0. The highest BCUT2D eigenvalue weighted by Gasteiger charge is 2.16. The summed E-state index contributed by atoms with van der Waals surface area (Å²) in [6, 6.07) is 47.2. The molecule has 0 unspecified atom stereocenters. The average molecular weight is 486 g/mol. The predicted octanol–water partition coefficient (Wildman–Crippen LogP) is 10.5. The van der Waals surface area contributed by atoms with Gasteiger partial charge >= 0.3 is 0 Å². The van der Waals surface area contributed by atoms with E-state index in [4.69, 9.17) is 4.42 Å². The van der Waals surface area contributed by atoms with Crippen LogP contribution in [0.4, 0.5) is 11.4 Å². The molecule has 0 aliphatic heterocycles. The molecule has 0 aliphatic carbocycles. The number of hydrogen-bond donors (Lipinski definition) is 1. The van der Waals surface area contributed by atoms with Crippen molar-refractivity contribution in [3.05, 3.63) is 133 Å². The Hall–Kier alpha value is -5.08. The molecule has 0 bridgehead atoms. The molecule has 8 rings (SSSR count). The maximum Gasteiger partial charge on any atom is 0.159 e. The van der Waals surface area contributed by atoms with Crippen LogP contribution in [0.15, 0.2) is 138 Å². The number of furan rings is 1. The lowest BCUT2D eigenvalue weighted by atomic mass is 9.93. The molecule has 7 aromatic carbocycles. The van der Waals surface area contributed by atoms with Crippen LogP contribution in [0.3, 0.4) is 0 Å². The van der Waals surface area contributed by atoms with Crippen LogP contribution in [0.5, 0.6) is 0 Å². The molecule has 2 heteroatoms. The van der Waals surface area contributed by atoms with E-state index in [-0.39, 0.29) is 0 Å². The average Bonchev–Trinajstić information content (AvgIpc) is 3.38. The first-order chi connectivity index (χ1) is 18.8. The van der Waals surface area contributed by atoms with E-state index in [0.717, 1.165) is 33.3 Å². The van der Waals surface area contributed by atoms with Gasteiger partial charge in [0.2, 0.25) is 0 Å². The Morgan fingerprint density at radius 1 is 0.421 bits per heavy atom. The van der Waals surface area contributed by atoms with Gasteiger partial charge in [-0.25, -0.2) is 0 Å². The van der Waals surface area contributed by atoms with E-state index in [1.54, 1.807) is 0 Å². The SMILES string of the molecule is c1ccc2c(-c3ccc(Nc4cc5ccccc5c5c4oc4ccccc45)c4ccccc34)cccc2c1. The molecule has 2 nitrogen and oxygen atoms in total. The van der Waals surface area contributed by atoms with Crippen LogP contribution in [0.1, 0.15) is 0 Å². The van der Waals surface area contributed by atoms with Crippen molar-refractivity contribution in [2.45, 2.75) is 0 Å². The minimum Gasteiger partial charge on any atom is -0.454 e. The molecular weight excluding hydrogens is 462 g/mol. The smallest absolute Gasteiger partial charge is 0.159 e. The monoisotopic (exact) mass is 485 g/mol. The van der Waals surface area contributed by atoms with Crippen LogP contribution < -0.4 is 5.32 Å². The van der Waals surface area contributed by atoms with Gasteiger partial charge in [0, 0.05) is 21.8 Å². The van der Waals surface area contributed by atoms with E-state index in [9.17, 15) is 0 Å². The van der Waals surface area contributed by atoms with E-state index in [1.807, 2.05) is 12.1 Å². The Morgan fingerprint density at radius 2 is 1.05 bits per heavy atom. The summed E-state index contributed by atoms with van der Waals surface area (Å²) < 4.78 is 6.45. The van der Waals surface area contributed by atoms with Gasteiger partial charge in [-0.05, 0) is 56.3 Å². The van der Waals surface area contributed by atoms with Gasteiger partial charge < -0.3 is 9.73 Å². The van der Waals surface area contributed by atoms with Gasteiger partial charge in [-0.1, -0.05) is 115 Å². The summed E-state index contributed by atoms with van der Waals surface area (Å²) in [5.74, 6) is 0. The molecule has 1 aromatic heterocycles. The molecule has 0 aliphatic rings. The molecule has 0 amide bonds. The largest absolute Gasteiger partial charge is 0.454 e. The quantitative estimate of drug-likeness (QED) is 0.269. The summed E-state index contributed by atoms with van der Waals surface area (Å²) in [6.45, 7) is 0. The summed E-state index contributed by atoms with van der Waals surface area (Å²) in [5.41, 5.74) is 6.29. The maximum absolute atomic E-state index is 6.45. The van der Waals surface area contributed by atoms with Crippen molar-refractivity contribution in [2.24, 2.45) is 0 Å². The highest BCUT2D eigenvalue weighted by atomic mass is 16.3. The minimum atomic E-state index is 0.882. The van der Waals surface area contributed by atoms with E-state index >= 15 is 0 Å². The molecule has 0 radical (unpaired) electrons. The van der Waals surface area contributed by atoms with E-state index in [1.165, 1.54) is 43.4 Å². The number of rotatable bonds is 3.